The largest absolute Gasteiger partial charge is 0.396 e. The molecule has 2 aromatic heterocycles. The molecule has 172 valence electrons. The van der Waals surface area contributed by atoms with Gasteiger partial charge in [-0.1, -0.05) is 12.1 Å². The zero-order chi connectivity index (χ0) is 23.3. The van der Waals surface area contributed by atoms with Gasteiger partial charge < -0.3 is 24.8 Å². The summed E-state index contributed by atoms with van der Waals surface area (Å²) in [6.07, 6.45) is 6.25. The summed E-state index contributed by atoms with van der Waals surface area (Å²) in [5.74, 6) is 0.680. The fourth-order valence-electron chi connectivity index (χ4n) is 4.76. The highest BCUT2D eigenvalue weighted by molar-refractivity contribution is 6.04. The molecule has 34 heavy (non-hydrogen) atoms. The first-order valence-electron chi connectivity index (χ1n) is 11.5. The number of hydrogen-bond acceptors (Lipinski definition) is 7. The molecular formula is C26H26N6O2. The highest BCUT2D eigenvalue weighted by Gasteiger charge is 2.36. The van der Waals surface area contributed by atoms with Gasteiger partial charge >= 0.3 is 0 Å². The summed E-state index contributed by atoms with van der Waals surface area (Å²) in [4.78, 5) is 16.1. The lowest BCUT2D eigenvalue weighted by Gasteiger charge is -2.45. The summed E-state index contributed by atoms with van der Waals surface area (Å²) >= 11 is 0. The van der Waals surface area contributed by atoms with Gasteiger partial charge in [-0.25, -0.2) is 9.97 Å². The summed E-state index contributed by atoms with van der Waals surface area (Å²) < 4.78 is 1.97. The molecule has 0 atom stereocenters. The van der Waals surface area contributed by atoms with Crippen molar-refractivity contribution in [2.45, 2.75) is 25.5 Å². The van der Waals surface area contributed by atoms with Crippen LogP contribution in [-0.2, 0) is 6.54 Å². The average Bonchev–Trinajstić information content (AvgIpc) is 3.45. The molecule has 2 aliphatic heterocycles. The standard InChI is InChI=1S/C26H26N6O2/c1-26(34)15-32(16-26)20-5-3-19(4-6-20)29-24-25-27-9-10-31(25)14-23(30-24)17-2-7-21-18(12-17)13-28-22(21)8-11-33/h2-7,9-10,12,14,33-34H,8,11,13,15-16H2,1H3,(H,29,30). The smallest absolute Gasteiger partial charge is 0.180 e. The second-order valence-corrected chi connectivity index (χ2v) is 9.27. The molecule has 0 saturated carbocycles. The minimum absolute atomic E-state index is 0.105. The lowest BCUT2D eigenvalue weighted by atomic mass is 9.96. The van der Waals surface area contributed by atoms with Crippen LogP contribution in [-0.4, -0.2) is 55.6 Å². The molecule has 3 N–H and O–H groups in total. The number of β-amino-alcohol motifs (C(OH)–C–C–N with tert-alkyl or cyclic N) is 1. The number of imidazole rings is 1. The Morgan fingerprint density at radius 3 is 2.71 bits per heavy atom. The fraction of sp³-hybridized carbons (Fsp3) is 0.269. The van der Waals surface area contributed by atoms with E-state index in [1.165, 1.54) is 0 Å². The third-order valence-corrected chi connectivity index (χ3v) is 6.43. The van der Waals surface area contributed by atoms with Gasteiger partial charge in [-0.3, -0.25) is 4.99 Å². The molecule has 8 nitrogen and oxygen atoms in total. The molecule has 0 unspecified atom stereocenters. The minimum atomic E-state index is -0.600. The predicted octanol–water partition coefficient (Wildman–Crippen LogP) is 3.40. The third-order valence-electron chi connectivity index (χ3n) is 6.43. The molecule has 8 heteroatoms. The maximum atomic E-state index is 10.00. The van der Waals surface area contributed by atoms with Crippen molar-refractivity contribution in [3.8, 4) is 11.3 Å². The van der Waals surface area contributed by atoms with Crippen molar-refractivity contribution >= 4 is 28.6 Å². The number of aromatic nitrogens is 3. The van der Waals surface area contributed by atoms with Gasteiger partial charge in [-0.2, -0.15) is 0 Å². The van der Waals surface area contributed by atoms with Gasteiger partial charge in [0.15, 0.2) is 11.5 Å². The Kier molecular flexibility index (Phi) is 4.86. The molecule has 2 aromatic carbocycles. The molecule has 1 fully saturated rings. The van der Waals surface area contributed by atoms with E-state index in [9.17, 15) is 10.2 Å². The predicted molar refractivity (Wildman–Crippen MR) is 133 cm³/mol. The Hall–Kier alpha value is -3.75. The maximum Gasteiger partial charge on any atom is 0.180 e. The average molecular weight is 455 g/mol. The molecule has 0 aliphatic carbocycles. The van der Waals surface area contributed by atoms with Crippen molar-refractivity contribution in [1.82, 2.24) is 14.4 Å². The Bertz CT molecular complexity index is 1400. The van der Waals surface area contributed by atoms with E-state index >= 15 is 0 Å². The third kappa shape index (κ3) is 3.70. The number of nitrogens with zero attached hydrogens (tertiary/aromatic N) is 5. The lowest BCUT2D eigenvalue weighted by Crippen LogP contribution is -2.60. The van der Waals surface area contributed by atoms with Gasteiger partial charge in [0.1, 0.15) is 0 Å². The Morgan fingerprint density at radius 2 is 1.94 bits per heavy atom. The van der Waals surface area contributed by atoms with Crippen LogP contribution in [0, 0.1) is 0 Å². The van der Waals surface area contributed by atoms with Crippen LogP contribution >= 0.6 is 0 Å². The van der Waals surface area contributed by atoms with Gasteiger partial charge in [-0.05, 0) is 42.8 Å². The summed E-state index contributed by atoms with van der Waals surface area (Å²) in [6.45, 7) is 3.89. The number of aliphatic imine (C=N–C) groups is 1. The van der Waals surface area contributed by atoms with Crippen molar-refractivity contribution < 1.29 is 10.2 Å². The number of nitrogens with one attached hydrogen (secondary N) is 1. The van der Waals surface area contributed by atoms with Gasteiger partial charge in [0, 0.05) is 72.9 Å². The number of rotatable bonds is 6. The van der Waals surface area contributed by atoms with Gasteiger partial charge in [0.05, 0.1) is 17.8 Å². The molecule has 0 bridgehead atoms. The molecule has 0 radical (unpaired) electrons. The van der Waals surface area contributed by atoms with Crippen molar-refractivity contribution in [1.29, 1.82) is 0 Å². The van der Waals surface area contributed by atoms with E-state index in [4.69, 9.17) is 4.98 Å². The van der Waals surface area contributed by atoms with Gasteiger partial charge in [0.2, 0.25) is 0 Å². The molecule has 4 heterocycles. The first kappa shape index (κ1) is 20.8. The zero-order valence-corrected chi connectivity index (χ0v) is 18.9. The van der Waals surface area contributed by atoms with Crippen LogP contribution in [0.1, 0.15) is 24.5 Å². The molecule has 1 saturated heterocycles. The van der Waals surface area contributed by atoms with Crippen LogP contribution in [0.3, 0.4) is 0 Å². The first-order chi connectivity index (χ1) is 16.5. The molecule has 2 aliphatic rings. The number of aliphatic hydroxyl groups excluding tert-OH is 1. The number of fused-ring (bicyclic) bond motifs is 2. The fourth-order valence-corrected chi connectivity index (χ4v) is 4.76. The SMILES string of the molecule is CC1(O)CN(c2ccc(Nc3nc(-c4ccc5c(c4)CN=C5CCO)cn4ccnc34)cc2)C1. The van der Waals surface area contributed by atoms with Gasteiger partial charge in [0.25, 0.3) is 0 Å². The number of hydrogen-bond donors (Lipinski definition) is 3. The minimum Gasteiger partial charge on any atom is -0.396 e. The van der Waals surface area contributed by atoms with Crippen molar-refractivity contribution in [2.75, 3.05) is 29.9 Å². The lowest BCUT2D eigenvalue weighted by molar-refractivity contribution is 0.0310. The van der Waals surface area contributed by atoms with Gasteiger partial charge in [-0.15, -0.1) is 0 Å². The maximum absolute atomic E-state index is 10.00. The Morgan fingerprint density at radius 1 is 1.12 bits per heavy atom. The number of benzene rings is 2. The summed E-state index contributed by atoms with van der Waals surface area (Å²) in [7, 11) is 0. The van der Waals surface area contributed by atoms with E-state index in [2.05, 4.69) is 50.5 Å². The highest BCUT2D eigenvalue weighted by atomic mass is 16.3. The van der Waals surface area contributed by atoms with E-state index in [0.29, 0.717) is 31.9 Å². The van der Waals surface area contributed by atoms with E-state index in [-0.39, 0.29) is 6.61 Å². The van der Waals surface area contributed by atoms with Crippen LogP contribution in [0.25, 0.3) is 16.9 Å². The summed E-state index contributed by atoms with van der Waals surface area (Å²) in [6, 6.07) is 14.4. The second kappa shape index (κ2) is 7.93. The second-order valence-electron chi connectivity index (χ2n) is 9.27. The van der Waals surface area contributed by atoms with Crippen LogP contribution < -0.4 is 10.2 Å². The normalized spacial score (nSPS) is 16.3. The van der Waals surface area contributed by atoms with Crippen LogP contribution in [0.2, 0.25) is 0 Å². The van der Waals surface area contributed by atoms with E-state index in [1.54, 1.807) is 6.20 Å². The van der Waals surface area contributed by atoms with Crippen molar-refractivity contribution in [3.63, 3.8) is 0 Å². The first-order valence-corrected chi connectivity index (χ1v) is 11.5. The number of anilines is 3. The monoisotopic (exact) mass is 454 g/mol. The van der Waals surface area contributed by atoms with E-state index < -0.39 is 5.60 Å². The molecule has 4 aromatic rings. The summed E-state index contributed by atoms with van der Waals surface area (Å²) in [5.41, 5.74) is 7.25. The molecular weight excluding hydrogens is 428 g/mol. The number of aliphatic hydroxyl groups is 2. The topological polar surface area (TPSA) is 98.3 Å². The van der Waals surface area contributed by atoms with Crippen LogP contribution in [0.5, 0.6) is 0 Å². The Labute approximate surface area is 197 Å². The van der Waals surface area contributed by atoms with E-state index in [0.717, 1.165) is 45.1 Å². The van der Waals surface area contributed by atoms with Crippen molar-refractivity contribution in [2.24, 2.45) is 4.99 Å². The molecule has 6 rings (SSSR count). The van der Waals surface area contributed by atoms with Crippen molar-refractivity contribution in [3.05, 3.63) is 72.2 Å². The Balaban J connectivity index is 1.28. The molecule has 0 spiro atoms. The quantitative estimate of drug-likeness (QED) is 0.413. The molecule has 0 amide bonds. The summed E-state index contributed by atoms with van der Waals surface area (Å²) in [5, 5.41) is 22.7. The van der Waals surface area contributed by atoms with E-state index in [1.807, 2.05) is 35.9 Å². The van der Waals surface area contributed by atoms with Crippen LogP contribution in [0.15, 0.2) is 66.0 Å². The van der Waals surface area contributed by atoms with Crippen LogP contribution in [0.4, 0.5) is 17.2 Å². The highest BCUT2D eigenvalue weighted by Crippen LogP contribution is 2.31. The zero-order valence-electron chi connectivity index (χ0n) is 18.9.